The van der Waals surface area contributed by atoms with Crippen molar-refractivity contribution in [1.82, 2.24) is 5.32 Å². The van der Waals surface area contributed by atoms with E-state index in [4.69, 9.17) is 0 Å². The molecule has 0 aromatic heterocycles. The topological polar surface area (TPSA) is 29.1 Å². The van der Waals surface area contributed by atoms with Gasteiger partial charge in [-0.3, -0.25) is 4.79 Å². The molecule has 0 rings (SSSR count). The van der Waals surface area contributed by atoms with Gasteiger partial charge in [-0.2, -0.15) is 0 Å². The fourth-order valence-electron chi connectivity index (χ4n) is 0.699. The first kappa shape index (κ1) is 9.21. The number of hydrogen-bond acceptors (Lipinski definition) is 1. The molecule has 0 heterocycles. The zero-order valence-corrected chi connectivity index (χ0v) is 6.90. The van der Waals surface area contributed by atoms with Crippen LogP contribution in [0, 0.1) is 0 Å². The zero-order chi connectivity index (χ0) is 7.98. The quantitative estimate of drug-likeness (QED) is 0.592. The largest absolute Gasteiger partial charge is 0.353 e. The van der Waals surface area contributed by atoms with Gasteiger partial charge in [0.15, 0.2) is 0 Å². The molecule has 0 aromatic carbocycles. The molecule has 2 heteroatoms. The summed E-state index contributed by atoms with van der Waals surface area (Å²) < 4.78 is 0. The summed E-state index contributed by atoms with van der Waals surface area (Å²) in [7, 11) is 0. The van der Waals surface area contributed by atoms with Crippen molar-refractivity contribution in [3.8, 4) is 0 Å². The second kappa shape index (κ2) is 5.03. The average Bonchev–Trinajstić information content (AvgIpc) is 1.89. The number of likely N-dealkylation sites (N-methyl/N-ethyl adjacent to an activating group) is 1. The second-order valence-corrected chi connectivity index (χ2v) is 2.15. The predicted octanol–water partition coefficient (Wildman–Crippen LogP) is 1.48. The number of allylic oxidation sites excluding steroid dienone is 1. The van der Waals surface area contributed by atoms with E-state index < -0.39 is 0 Å². The number of carbonyl (C=O) groups is 1. The van der Waals surface area contributed by atoms with Gasteiger partial charge in [0.05, 0.1) is 0 Å². The number of hydrogen-bond donors (Lipinski definition) is 1. The summed E-state index contributed by atoms with van der Waals surface area (Å²) in [6.45, 7) is 6.46. The van der Waals surface area contributed by atoms with Gasteiger partial charge in [0.2, 0.25) is 5.91 Å². The van der Waals surface area contributed by atoms with Crippen LogP contribution in [0.5, 0.6) is 0 Å². The van der Waals surface area contributed by atoms with Crippen molar-refractivity contribution in [2.24, 2.45) is 0 Å². The molecule has 1 N–H and O–H groups in total. The predicted molar refractivity (Wildman–Crippen MR) is 42.7 cm³/mol. The van der Waals surface area contributed by atoms with E-state index in [1.54, 1.807) is 0 Å². The molecule has 58 valence electrons. The first-order chi connectivity index (χ1) is 4.72. The van der Waals surface area contributed by atoms with E-state index >= 15 is 0 Å². The lowest BCUT2D eigenvalue weighted by Gasteiger charge is -1.99. The number of amides is 1. The van der Waals surface area contributed by atoms with Gasteiger partial charge in [0.25, 0.3) is 0 Å². The summed E-state index contributed by atoms with van der Waals surface area (Å²) in [4.78, 5) is 11.0. The average molecular weight is 141 g/mol. The Hall–Kier alpha value is -0.790. The van der Waals surface area contributed by atoms with Gasteiger partial charge in [-0.15, -0.1) is 0 Å². The van der Waals surface area contributed by atoms with Gasteiger partial charge in [0, 0.05) is 12.1 Å². The zero-order valence-electron chi connectivity index (χ0n) is 6.90. The Morgan fingerprint density at radius 2 is 2.10 bits per heavy atom. The summed E-state index contributed by atoms with van der Waals surface area (Å²) >= 11 is 0. The second-order valence-electron chi connectivity index (χ2n) is 2.15. The smallest absolute Gasteiger partial charge is 0.246 e. The van der Waals surface area contributed by atoms with Gasteiger partial charge in [0.1, 0.15) is 0 Å². The summed E-state index contributed by atoms with van der Waals surface area (Å²) in [5, 5.41) is 2.72. The lowest BCUT2D eigenvalue weighted by molar-refractivity contribution is -0.117. The molecule has 0 saturated carbocycles. The van der Waals surface area contributed by atoms with Crippen LogP contribution in [0.3, 0.4) is 0 Å². The van der Waals surface area contributed by atoms with Crippen LogP contribution >= 0.6 is 0 Å². The van der Waals surface area contributed by atoms with Crippen molar-refractivity contribution in [2.45, 2.75) is 27.2 Å². The molecule has 0 fully saturated rings. The molecule has 0 bridgehead atoms. The molecule has 0 aliphatic carbocycles. The molecule has 0 aliphatic rings. The summed E-state index contributed by atoms with van der Waals surface area (Å²) in [5.41, 5.74) is 0.810. The Balaban J connectivity index is 3.82. The van der Waals surface area contributed by atoms with E-state index in [0.717, 1.165) is 12.0 Å². The highest BCUT2D eigenvalue weighted by Gasteiger charge is 1.98. The SMILES string of the molecule is CCC=C(C)C(=O)NCC. The standard InChI is InChI=1S/C8H15NO/c1-4-6-7(3)8(10)9-5-2/h6H,4-5H2,1-3H3,(H,9,10). The van der Waals surface area contributed by atoms with Crippen LogP contribution in [0.2, 0.25) is 0 Å². The molecule has 2 nitrogen and oxygen atoms in total. The van der Waals surface area contributed by atoms with Gasteiger partial charge in [-0.05, 0) is 20.3 Å². The molecular formula is C8H15NO. The van der Waals surface area contributed by atoms with E-state index in [9.17, 15) is 4.79 Å². The third-order valence-electron chi connectivity index (χ3n) is 1.21. The van der Waals surface area contributed by atoms with Crippen molar-refractivity contribution < 1.29 is 4.79 Å². The molecule has 0 radical (unpaired) electrons. The van der Waals surface area contributed by atoms with E-state index in [1.807, 2.05) is 26.8 Å². The van der Waals surface area contributed by atoms with Crippen LogP contribution in [0.1, 0.15) is 27.2 Å². The monoisotopic (exact) mass is 141 g/mol. The minimum absolute atomic E-state index is 0.0457. The molecule has 0 saturated heterocycles. The maximum Gasteiger partial charge on any atom is 0.246 e. The Kier molecular flexibility index (Phi) is 4.63. The number of carbonyl (C=O) groups excluding carboxylic acids is 1. The lowest BCUT2D eigenvalue weighted by atomic mass is 10.2. The third kappa shape index (κ3) is 3.28. The minimum Gasteiger partial charge on any atom is -0.353 e. The van der Waals surface area contributed by atoms with Crippen molar-refractivity contribution >= 4 is 5.91 Å². The van der Waals surface area contributed by atoms with Crippen LogP contribution in [0.4, 0.5) is 0 Å². The van der Waals surface area contributed by atoms with Gasteiger partial charge < -0.3 is 5.32 Å². The number of nitrogens with one attached hydrogen (secondary N) is 1. The minimum atomic E-state index is 0.0457. The Morgan fingerprint density at radius 1 is 1.50 bits per heavy atom. The molecule has 10 heavy (non-hydrogen) atoms. The number of rotatable bonds is 3. The summed E-state index contributed by atoms with van der Waals surface area (Å²) in [6, 6.07) is 0. The normalized spacial score (nSPS) is 11.3. The molecular weight excluding hydrogens is 126 g/mol. The lowest BCUT2D eigenvalue weighted by Crippen LogP contribution is -2.23. The molecule has 1 amide bonds. The highest BCUT2D eigenvalue weighted by Crippen LogP contribution is 1.93. The highest BCUT2D eigenvalue weighted by molar-refractivity contribution is 5.92. The van der Waals surface area contributed by atoms with E-state index in [0.29, 0.717) is 6.54 Å². The van der Waals surface area contributed by atoms with Crippen molar-refractivity contribution in [3.63, 3.8) is 0 Å². The maximum atomic E-state index is 11.0. The Bertz CT molecular complexity index is 138. The van der Waals surface area contributed by atoms with Crippen LogP contribution < -0.4 is 5.32 Å². The van der Waals surface area contributed by atoms with E-state index in [-0.39, 0.29) is 5.91 Å². The molecule has 0 aliphatic heterocycles. The van der Waals surface area contributed by atoms with Crippen LogP contribution in [0.15, 0.2) is 11.6 Å². The summed E-state index contributed by atoms with van der Waals surface area (Å²) in [6.07, 6.45) is 2.84. The molecule has 0 atom stereocenters. The fourth-order valence-corrected chi connectivity index (χ4v) is 0.699. The Labute approximate surface area is 62.3 Å². The molecule has 0 spiro atoms. The van der Waals surface area contributed by atoms with E-state index in [1.165, 1.54) is 0 Å². The summed E-state index contributed by atoms with van der Waals surface area (Å²) in [5.74, 6) is 0.0457. The first-order valence-electron chi connectivity index (χ1n) is 3.67. The van der Waals surface area contributed by atoms with Crippen LogP contribution in [-0.2, 0) is 4.79 Å². The highest BCUT2D eigenvalue weighted by atomic mass is 16.1. The van der Waals surface area contributed by atoms with Gasteiger partial charge in [-0.25, -0.2) is 0 Å². The van der Waals surface area contributed by atoms with Crippen LogP contribution in [-0.4, -0.2) is 12.5 Å². The van der Waals surface area contributed by atoms with Crippen LogP contribution in [0.25, 0.3) is 0 Å². The van der Waals surface area contributed by atoms with Crippen molar-refractivity contribution in [2.75, 3.05) is 6.54 Å². The maximum absolute atomic E-state index is 11.0. The molecule has 0 aromatic rings. The van der Waals surface area contributed by atoms with Crippen molar-refractivity contribution in [1.29, 1.82) is 0 Å². The Morgan fingerprint density at radius 3 is 2.50 bits per heavy atom. The first-order valence-corrected chi connectivity index (χ1v) is 3.67. The van der Waals surface area contributed by atoms with Crippen molar-refractivity contribution in [3.05, 3.63) is 11.6 Å². The van der Waals surface area contributed by atoms with E-state index in [2.05, 4.69) is 5.32 Å². The van der Waals surface area contributed by atoms with Gasteiger partial charge in [-0.1, -0.05) is 13.0 Å². The fraction of sp³-hybridized carbons (Fsp3) is 0.625. The van der Waals surface area contributed by atoms with Gasteiger partial charge >= 0.3 is 0 Å². The molecule has 0 unspecified atom stereocenters. The third-order valence-corrected chi connectivity index (χ3v) is 1.21.